The molecule has 2 aromatic carbocycles. The van der Waals surface area contributed by atoms with Crippen LogP contribution in [-0.4, -0.2) is 12.2 Å². The van der Waals surface area contributed by atoms with E-state index < -0.39 is 5.91 Å². The molecule has 4 heteroatoms. The van der Waals surface area contributed by atoms with Crippen LogP contribution in [0.2, 0.25) is 0 Å². The van der Waals surface area contributed by atoms with Gasteiger partial charge >= 0.3 is 0 Å². The van der Waals surface area contributed by atoms with Gasteiger partial charge in [0, 0.05) is 22.7 Å². The highest BCUT2D eigenvalue weighted by atomic mass is 32.2. The van der Waals surface area contributed by atoms with Gasteiger partial charge in [-0.1, -0.05) is 12.1 Å². The molecule has 0 heterocycles. The van der Waals surface area contributed by atoms with Crippen LogP contribution < -0.4 is 11.1 Å². The zero-order valence-electron chi connectivity index (χ0n) is 11.6. The third-order valence-electron chi connectivity index (χ3n) is 3.15. The molecule has 0 saturated carbocycles. The summed E-state index contributed by atoms with van der Waals surface area (Å²) in [5.41, 5.74) is 9.06. The topological polar surface area (TPSA) is 55.1 Å². The maximum Gasteiger partial charge on any atom is 0.248 e. The molecule has 0 unspecified atom stereocenters. The molecule has 3 N–H and O–H groups in total. The molecule has 0 radical (unpaired) electrons. The monoisotopic (exact) mass is 286 g/mol. The van der Waals surface area contributed by atoms with E-state index in [2.05, 4.69) is 35.8 Å². The molecule has 0 atom stereocenters. The third-order valence-corrected chi connectivity index (χ3v) is 3.90. The normalized spacial score (nSPS) is 10.3. The van der Waals surface area contributed by atoms with Gasteiger partial charge in [-0.15, -0.1) is 11.8 Å². The molecule has 2 aromatic rings. The van der Waals surface area contributed by atoms with E-state index in [-0.39, 0.29) is 0 Å². The highest BCUT2D eigenvalue weighted by Crippen LogP contribution is 2.19. The van der Waals surface area contributed by atoms with Crippen LogP contribution in [-0.2, 0) is 6.54 Å². The number of amides is 1. The molecular weight excluding hydrogens is 268 g/mol. The first kappa shape index (κ1) is 14.5. The first-order chi connectivity index (χ1) is 9.60. The molecule has 0 aliphatic rings. The number of aryl methyl sites for hydroxylation is 1. The Kier molecular flexibility index (Phi) is 4.69. The first-order valence-electron chi connectivity index (χ1n) is 6.37. The van der Waals surface area contributed by atoms with Crippen LogP contribution in [0.1, 0.15) is 21.5 Å². The van der Waals surface area contributed by atoms with Gasteiger partial charge in [0.1, 0.15) is 0 Å². The van der Waals surface area contributed by atoms with Crippen LogP contribution in [0.5, 0.6) is 0 Å². The van der Waals surface area contributed by atoms with Crippen molar-refractivity contribution in [3.8, 4) is 0 Å². The van der Waals surface area contributed by atoms with E-state index in [1.807, 2.05) is 19.1 Å². The van der Waals surface area contributed by atoms with E-state index in [1.54, 1.807) is 17.8 Å². The van der Waals surface area contributed by atoms with Crippen LogP contribution in [0, 0.1) is 6.92 Å². The van der Waals surface area contributed by atoms with Gasteiger partial charge in [0.25, 0.3) is 0 Å². The Balaban J connectivity index is 2.04. The maximum absolute atomic E-state index is 11.1. The standard InChI is InChI=1S/C16H18N2OS/c1-11-9-13(16(17)19)5-8-15(11)18-10-12-3-6-14(20-2)7-4-12/h3-9,18H,10H2,1-2H3,(H2,17,19). The van der Waals surface area contributed by atoms with Crippen molar-refractivity contribution >= 4 is 23.4 Å². The largest absolute Gasteiger partial charge is 0.381 e. The van der Waals surface area contributed by atoms with Crippen LogP contribution in [0.4, 0.5) is 5.69 Å². The van der Waals surface area contributed by atoms with Crippen LogP contribution >= 0.6 is 11.8 Å². The minimum Gasteiger partial charge on any atom is -0.381 e. The Morgan fingerprint density at radius 3 is 2.45 bits per heavy atom. The number of carbonyl (C=O) groups excluding carboxylic acids is 1. The molecule has 2 rings (SSSR count). The summed E-state index contributed by atoms with van der Waals surface area (Å²) < 4.78 is 0. The summed E-state index contributed by atoms with van der Waals surface area (Å²) in [7, 11) is 0. The number of nitrogens with two attached hydrogens (primary N) is 1. The van der Waals surface area contributed by atoms with Crippen LogP contribution in [0.25, 0.3) is 0 Å². The van der Waals surface area contributed by atoms with Crippen molar-refractivity contribution < 1.29 is 4.79 Å². The zero-order chi connectivity index (χ0) is 14.5. The summed E-state index contributed by atoms with van der Waals surface area (Å²) in [6, 6.07) is 13.9. The van der Waals surface area contributed by atoms with Crippen molar-refractivity contribution in [2.75, 3.05) is 11.6 Å². The molecule has 0 aliphatic heterocycles. The number of benzene rings is 2. The smallest absolute Gasteiger partial charge is 0.248 e. The van der Waals surface area contributed by atoms with Crippen molar-refractivity contribution in [1.29, 1.82) is 0 Å². The quantitative estimate of drug-likeness (QED) is 0.828. The second-order valence-electron chi connectivity index (χ2n) is 4.60. The molecule has 3 nitrogen and oxygen atoms in total. The van der Waals surface area contributed by atoms with Crippen LogP contribution in [0.15, 0.2) is 47.4 Å². The van der Waals surface area contributed by atoms with Gasteiger partial charge < -0.3 is 11.1 Å². The number of carbonyl (C=O) groups is 1. The van der Waals surface area contributed by atoms with Gasteiger partial charge in [-0.3, -0.25) is 4.79 Å². The molecule has 0 spiro atoms. The highest BCUT2D eigenvalue weighted by molar-refractivity contribution is 7.98. The highest BCUT2D eigenvalue weighted by Gasteiger charge is 2.04. The second kappa shape index (κ2) is 6.48. The fourth-order valence-corrected chi connectivity index (χ4v) is 2.36. The predicted molar refractivity (Wildman–Crippen MR) is 85.2 cm³/mol. The van der Waals surface area contributed by atoms with E-state index >= 15 is 0 Å². The van der Waals surface area contributed by atoms with E-state index in [1.165, 1.54) is 10.5 Å². The van der Waals surface area contributed by atoms with E-state index in [0.717, 1.165) is 17.8 Å². The Morgan fingerprint density at radius 1 is 1.20 bits per heavy atom. The Labute approximate surface area is 123 Å². The number of hydrogen-bond acceptors (Lipinski definition) is 3. The minimum atomic E-state index is -0.396. The Hall–Kier alpha value is -1.94. The zero-order valence-corrected chi connectivity index (χ0v) is 12.5. The van der Waals surface area contributed by atoms with Gasteiger partial charge in [0.05, 0.1) is 0 Å². The lowest BCUT2D eigenvalue weighted by Gasteiger charge is -2.11. The fourth-order valence-electron chi connectivity index (χ4n) is 1.96. The van der Waals surface area contributed by atoms with Crippen molar-refractivity contribution in [3.63, 3.8) is 0 Å². The number of nitrogens with one attached hydrogen (secondary N) is 1. The average molecular weight is 286 g/mol. The van der Waals surface area contributed by atoms with Crippen molar-refractivity contribution in [1.82, 2.24) is 0 Å². The van der Waals surface area contributed by atoms with Crippen LogP contribution in [0.3, 0.4) is 0 Å². The third kappa shape index (κ3) is 3.54. The molecule has 0 bridgehead atoms. The first-order valence-corrected chi connectivity index (χ1v) is 7.60. The Morgan fingerprint density at radius 2 is 1.90 bits per heavy atom. The summed E-state index contributed by atoms with van der Waals surface area (Å²) >= 11 is 1.73. The summed E-state index contributed by atoms with van der Waals surface area (Å²) in [6.07, 6.45) is 2.07. The number of primary amides is 1. The molecule has 0 aliphatic carbocycles. The predicted octanol–water partition coefficient (Wildman–Crippen LogP) is 3.43. The summed E-state index contributed by atoms with van der Waals surface area (Å²) in [4.78, 5) is 12.4. The van der Waals surface area contributed by atoms with Gasteiger partial charge in [-0.05, 0) is 54.6 Å². The Bertz CT molecular complexity index is 608. The number of hydrogen-bond donors (Lipinski definition) is 2. The van der Waals surface area contributed by atoms with Gasteiger partial charge in [-0.2, -0.15) is 0 Å². The lowest BCUT2D eigenvalue weighted by Crippen LogP contribution is -2.11. The van der Waals surface area contributed by atoms with E-state index in [9.17, 15) is 4.79 Å². The summed E-state index contributed by atoms with van der Waals surface area (Å²) in [5, 5.41) is 3.37. The molecule has 0 fully saturated rings. The van der Waals surface area contributed by atoms with Gasteiger partial charge in [0.2, 0.25) is 5.91 Å². The summed E-state index contributed by atoms with van der Waals surface area (Å²) in [6.45, 7) is 2.72. The van der Waals surface area contributed by atoms with E-state index in [4.69, 9.17) is 5.73 Å². The van der Waals surface area contributed by atoms with Crippen molar-refractivity contribution in [3.05, 3.63) is 59.2 Å². The van der Waals surface area contributed by atoms with Crippen molar-refractivity contribution in [2.45, 2.75) is 18.4 Å². The average Bonchev–Trinajstić information content (AvgIpc) is 2.46. The molecule has 20 heavy (non-hydrogen) atoms. The SMILES string of the molecule is CSc1ccc(CNc2ccc(C(N)=O)cc2C)cc1. The lowest BCUT2D eigenvalue weighted by molar-refractivity contribution is 0.1000. The summed E-state index contributed by atoms with van der Waals surface area (Å²) in [5.74, 6) is -0.396. The molecule has 1 amide bonds. The molecule has 0 saturated heterocycles. The number of rotatable bonds is 5. The number of anilines is 1. The molecule has 104 valence electrons. The van der Waals surface area contributed by atoms with Gasteiger partial charge in [-0.25, -0.2) is 0 Å². The molecular formula is C16H18N2OS. The van der Waals surface area contributed by atoms with E-state index in [0.29, 0.717) is 5.56 Å². The second-order valence-corrected chi connectivity index (χ2v) is 5.48. The van der Waals surface area contributed by atoms with Crippen molar-refractivity contribution in [2.24, 2.45) is 5.73 Å². The maximum atomic E-state index is 11.1. The van der Waals surface area contributed by atoms with Gasteiger partial charge in [0.15, 0.2) is 0 Å². The lowest BCUT2D eigenvalue weighted by atomic mass is 10.1. The fraction of sp³-hybridized carbons (Fsp3) is 0.188. The molecule has 0 aromatic heterocycles. The number of thioether (sulfide) groups is 1. The minimum absolute atomic E-state index is 0.396.